The van der Waals surface area contributed by atoms with Crippen LogP contribution in [0, 0.1) is 0 Å². The fourth-order valence-electron chi connectivity index (χ4n) is 1.62. The average molecular weight is 291 g/mol. The van der Waals surface area contributed by atoms with Crippen LogP contribution in [-0.4, -0.2) is 35.6 Å². The highest BCUT2D eigenvalue weighted by Gasteiger charge is 2.11. The predicted molar refractivity (Wildman–Crippen MR) is 78.8 cm³/mol. The highest BCUT2D eigenvalue weighted by Crippen LogP contribution is 2.22. The number of hydrogen-bond donors (Lipinski definition) is 1. The van der Waals surface area contributed by atoms with Gasteiger partial charge in [0.1, 0.15) is 10.7 Å². The van der Waals surface area contributed by atoms with E-state index in [-0.39, 0.29) is 5.91 Å². The second-order valence-corrected chi connectivity index (χ2v) is 4.94. The van der Waals surface area contributed by atoms with E-state index in [9.17, 15) is 4.79 Å². The maximum absolute atomic E-state index is 11.9. The number of ether oxygens (including phenoxy) is 1. The third kappa shape index (κ3) is 4.11. The van der Waals surface area contributed by atoms with Gasteiger partial charge in [0.2, 0.25) is 0 Å². The zero-order valence-corrected chi connectivity index (χ0v) is 12.2. The van der Waals surface area contributed by atoms with E-state index in [4.69, 9.17) is 4.74 Å². The van der Waals surface area contributed by atoms with Crippen LogP contribution in [0.15, 0.2) is 29.9 Å². The van der Waals surface area contributed by atoms with Crippen molar-refractivity contribution in [3.8, 4) is 10.6 Å². The molecule has 0 bridgehead atoms. The van der Waals surface area contributed by atoms with E-state index in [1.165, 1.54) is 11.3 Å². The Hall–Kier alpha value is -1.79. The summed E-state index contributed by atoms with van der Waals surface area (Å²) in [4.78, 5) is 20.2. The Balaban J connectivity index is 1.87. The first-order valence-electron chi connectivity index (χ1n) is 6.53. The van der Waals surface area contributed by atoms with E-state index < -0.39 is 0 Å². The molecule has 0 radical (unpaired) electrons. The van der Waals surface area contributed by atoms with Crippen molar-refractivity contribution in [2.75, 3.05) is 19.8 Å². The van der Waals surface area contributed by atoms with Gasteiger partial charge >= 0.3 is 0 Å². The minimum Gasteiger partial charge on any atom is -0.382 e. The van der Waals surface area contributed by atoms with Crippen LogP contribution in [0.25, 0.3) is 10.6 Å². The third-order valence-corrected chi connectivity index (χ3v) is 3.51. The number of carbonyl (C=O) groups excluding carboxylic acids is 1. The molecular formula is C14H17N3O2S. The molecule has 1 amide bonds. The number of nitrogens with zero attached hydrogens (tertiary/aromatic N) is 2. The van der Waals surface area contributed by atoms with E-state index in [2.05, 4.69) is 15.3 Å². The minimum absolute atomic E-state index is 0.141. The van der Waals surface area contributed by atoms with Crippen molar-refractivity contribution in [1.29, 1.82) is 0 Å². The van der Waals surface area contributed by atoms with E-state index in [1.54, 1.807) is 17.8 Å². The summed E-state index contributed by atoms with van der Waals surface area (Å²) in [5.74, 6) is -0.141. The quantitative estimate of drug-likeness (QED) is 0.795. The van der Waals surface area contributed by atoms with E-state index in [0.29, 0.717) is 25.5 Å². The molecule has 0 saturated heterocycles. The fourth-order valence-corrected chi connectivity index (χ4v) is 2.42. The number of nitrogens with one attached hydrogen (secondary N) is 1. The van der Waals surface area contributed by atoms with Gasteiger partial charge in [-0.25, -0.2) is 4.98 Å². The van der Waals surface area contributed by atoms with E-state index in [1.807, 2.05) is 19.1 Å². The summed E-state index contributed by atoms with van der Waals surface area (Å²) in [6.07, 6.45) is 4.23. The zero-order valence-electron chi connectivity index (χ0n) is 11.3. The Morgan fingerprint density at radius 3 is 2.95 bits per heavy atom. The number of aromatic nitrogens is 2. The number of amides is 1. The molecule has 0 saturated carbocycles. The van der Waals surface area contributed by atoms with Crippen LogP contribution in [0.2, 0.25) is 0 Å². The standard InChI is InChI=1S/C14H17N3O2S/c1-2-19-9-3-6-16-13(18)12-10-20-14(17-12)11-4-7-15-8-5-11/h4-5,7-8,10H,2-3,6,9H2,1H3,(H,16,18). The largest absolute Gasteiger partial charge is 0.382 e. The Morgan fingerprint density at radius 2 is 2.20 bits per heavy atom. The van der Waals surface area contributed by atoms with Gasteiger partial charge in [-0.15, -0.1) is 11.3 Å². The lowest BCUT2D eigenvalue weighted by atomic mass is 10.3. The molecule has 2 heterocycles. The van der Waals surface area contributed by atoms with Crippen LogP contribution >= 0.6 is 11.3 Å². The van der Waals surface area contributed by atoms with Gasteiger partial charge in [0.05, 0.1) is 0 Å². The van der Waals surface area contributed by atoms with Crippen LogP contribution in [-0.2, 0) is 4.74 Å². The smallest absolute Gasteiger partial charge is 0.270 e. The molecule has 0 unspecified atom stereocenters. The van der Waals surface area contributed by atoms with Gasteiger partial charge in [-0.3, -0.25) is 9.78 Å². The van der Waals surface area contributed by atoms with Crippen LogP contribution in [0.3, 0.4) is 0 Å². The molecule has 106 valence electrons. The summed E-state index contributed by atoms with van der Waals surface area (Å²) in [6.45, 7) is 3.92. The van der Waals surface area contributed by atoms with Crippen molar-refractivity contribution in [3.05, 3.63) is 35.6 Å². The lowest BCUT2D eigenvalue weighted by Crippen LogP contribution is -2.25. The van der Waals surface area contributed by atoms with Crippen LogP contribution < -0.4 is 5.32 Å². The van der Waals surface area contributed by atoms with E-state index in [0.717, 1.165) is 17.0 Å². The van der Waals surface area contributed by atoms with Crippen molar-refractivity contribution in [3.63, 3.8) is 0 Å². The Labute approximate surface area is 122 Å². The summed E-state index contributed by atoms with van der Waals surface area (Å²) in [6, 6.07) is 3.76. The number of carbonyl (C=O) groups is 1. The van der Waals surface area contributed by atoms with Crippen molar-refractivity contribution >= 4 is 17.2 Å². The molecule has 0 atom stereocenters. The summed E-state index contributed by atoms with van der Waals surface area (Å²) >= 11 is 1.45. The van der Waals surface area contributed by atoms with Gasteiger partial charge in [0.25, 0.3) is 5.91 Å². The topological polar surface area (TPSA) is 64.1 Å². The van der Waals surface area contributed by atoms with Crippen LogP contribution in [0.5, 0.6) is 0 Å². The molecule has 6 heteroatoms. The fraction of sp³-hybridized carbons (Fsp3) is 0.357. The molecule has 0 spiro atoms. The van der Waals surface area contributed by atoms with Gasteiger partial charge in [-0.1, -0.05) is 0 Å². The SMILES string of the molecule is CCOCCCNC(=O)c1csc(-c2ccncc2)n1. The highest BCUT2D eigenvalue weighted by atomic mass is 32.1. The molecular weight excluding hydrogens is 274 g/mol. The number of hydrogen-bond acceptors (Lipinski definition) is 5. The van der Waals surface area contributed by atoms with Crippen molar-refractivity contribution in [2.24, 2.45) is 0 Å². The monoisotopic (exact) mass is 291 g/mol. The maximum atomic E-state index is 11.9. The molecule has 0 aromatic carbocycles. The summed E-state index contributed by atoms with van der Waals surface area (Å²) in [7, 11) is 0. The average Bonchev–Trinajstić information content (AvgIpc) is 2.98. The molecule has 0 aliphatic carbocycles. The summed E-state index contributed by atoms with van der Waals surface area (Å²) < 4.78 is 5.21. The molecule has 2 rings (SSSR count). The molecule has 1 N–H and O–H groups in total. The Morgan fingerprint density at radius 1 is 1.40 bits per heavy atom. The number of thiazole rings is 1. The van der Waals surface area contributed by atoms with Gasteiger partial charge in [-0.05, 0) is 25.5 Å². The lowest BCUT2D eigenvalue weighted by Gasteiger charge is -2.03. The molecule has 20 heavy (non-hydrogen) atoms. The first-order chi connectivity index (χ1) is 9.81. The Bertz CT molecular complexity index is 542. The summed E-state index contributed by atoms with van der Waals surface area (Å²) in [5, 5.41) is 5.43. The molecule has 5 nitrogen and oxygen atoms in total. The molecule has 0 aliphatic heterocycles. The minimum atomic E-state index is -0.141. The van der Waals surface area contributed by atoms with Crippen molar-refractivity contribution in [2.45, 2.75) is 13.3 Å². The van der Waals surface area contributed by atoms with Gasteiger partial charge in [-0.2, -0.15) is 0 Å². The first kappa shape index (κ1) is 14.6. The normalized spacial score (nSPS) is 10.4. The van der Waals surface area contributed by atoms with E-state index >= 15 is 0 Å². The highest BCUT2D eigenvalue weighted by molar-refractivity contribution is 7.13. The van der Waals surface area contributed by atoms with Gasteiger partial charge in [0, 0.05) is 43.1 Å². The van der Waals surface area contributed by atoms with Gasteiger partial charge < -0.3 is 10.1 Å². The van der Waals surface area contributed by atoms with Gasteiger partial charge in [0.15, 0.2) is 0 Å². The second-order valence-electron chi connectivity index (χ2n) is 4.08. The Kier molecular flexibility index (Phi) is 5.64. The van der Waals surface area contributed by atoms with Crippen LogP contribution in [0.4, 0.5) is 0 Å². The van der Waals surface area contributed by atoms with Crippen molar-refractivity contribution in [1.82, 2.24) is 15.3 Å². The first-order valence-corrected chi connectivity index (χ1v) is 7.41. The second kappa shape index (κ2) is 7.72. The molecule has 2 aromatic heterocycles. The third-order valence-electron chi connectivity index (χ3n) is 2.62. The molecule has 0 fully saturated rings. The molecule has 0 aliphatic rings. The predicted octanol–water partition coefficient (Wildman–Crippen LogP) is 2.36. The molecule has 2 aromatic rings. The maximum Gasteiger partial charge on any atom is 0.270 e. The van der Waals surface area contributed by atoms with Crippen molar-refractivity contribution < 1.29 is 9.53 Å². The number of pyridine rings is 1. The van der Waals surface area contributed by atoms with Crippen LogP contribution in [0.1, 0.15) is 23.8 Å². The number of rotatable bonds is 7. The lowest BCUT2D eigenvalue weighted by molar-refractivity contribution is 0.0940. The zero-order chi connectivity index (χ0) is 14.2. The summed E-state index contributed by atoms with van der Waals surface area (Å²) in [5.41, 5.74) is 1.43.